The van der Waals surface area contributed by atoms with Gasteiger partial charge in [0.1, 0.15) is 5.82 Å². The second-order valence-corrected chi connectivity index (χ2v) is 5.11. The molecule has 116 valence electrons. The number of thiocarbonyl (C=S) groups is 1. The van der Waals surface area contributed by atoms with E-state index < -0.39 is 0 Å². The van der Waals surface area contributed by atoms with Crippen molar-refractivity contribution in [1.82, 2.24) is 20.5 Å². The molecule has 22 heavy (non-hydrogen) atoms. The van der Waals surface area contributed by atoms with Gasteiger partial charge in [-0.1, -0.05) is 0 Å². The number of hydrazone groups is 1. The van der Waals surface area contributed by atoms with Crippen molar-refractivity contribution < 1.29 is 4.39 Å². The third-order valence-electron chi connectivity index (χ3n) is 3.12. The fourth-order valence-electron chi connectivity index (χ4n) is 2.03. The fourth-order valence-corrected chi connectivity index (χ4v) is 2.23. The van der Waals surface area contributed by atoms with Crippen molar-refractivity contribution in [2.45, 2.75) is 20.8 Å². The first kappa shape index (κ1) is 16.1. The Morgan fingerprint density at radius 1 is 1.36 bits per heavy atom. The number of nitrogens with one attached hydrogen (secondary N) is 2. The molecule has 2 N–H and O–H groups in total. The SMILES string of the molecule is CCNC(=S)N/N=C\c1c(C)nn(-c2ccc(F)cc2)c1C. The summed E-state index contributed by atoms with van der Waals surface area (Å²) in [7, 11) is 0. The highest BCUT2D eigenvalue weighted by Crippen LogP contribution is 2.16. The molecule has 5 nitrogen and oxygen atoms in total. The summed E-state index contributed by atoms with van der Waals surface area (Å²) in [5, 5.41) is 12.0. The Balaban J connectivity index is 2.22. The van der Waals surface area contributed by atoms with Crippen LogP contribution in [-0.2, 0) is 0 Å². The van der Waals surface area contributed by atoms with Gasteiger partial charge >= 0.3 is 0 Å². The molecule has 1 heterocycles. The summed E-state index contributed by atoms with van der Waals surface area (Å²) in [5.74, 6) is -0.270. The minimum Gasteiger partial charge on any atom is -0.362 e. The van der Waals surface area contributed by atoms with E-state index in [0.717, 1.165) is 29.2 Å². The van der Waals surface area contributed by atoms with Crippen LogP contribution < -0.4 is 10.7 Å². The third kappa shape index (κ3) is 3.67. The molecule has 1 aromatic heterocycles. The molecule has 2 rings (SSSR count). The highest BCUT2D eigenvalue weighted by molar-refractivity contribution is 7.80. The Morgan fingerprint density at radius 2 is 2.05 bits per heavy atom. The van der Waals surface area contributed by atoms with Crippen molar-refractivity contribution in [1.29, 1.82) is 0 Å². The molecule has 1 aromatic carbocycles. The maximum absolute atomic E-state index is 13.0. The molecule has 0 fully saturated rings. The molecular formula is C15H18FN5S. The van der Waals surface area contributed by atoms with Gasteiger partial charge < -0.3 is 5.32 Å². The first-order valence-electron chi connectivity index (χ1n) is 6.92. The maximum atomic E-state index is 13.0. The summed E-state index contributed by atoms with van der Waals surface area (Å²) in [6.45, 7) is 6.53. The predicted octanol–water partition coefficient (Wildman–Crippen LogP) is 2.45. The molecule has 0 radical (unpaired) electrons. The lowest BCUT2D eigenvalue weighted by molar-refractivity contribution is 0.627. The monoisotopic (exact) mass is 319 g/mol. The number of nitrogens with zero attached hydrogens (tertiary/aromatic N) is 3. The van der Waals surface area contributed by atoms with E-state index in [1.54, 1.807) is 23.0 Å². The maximum Gasteiger partial charge on any atom is 0.186 e. The average molecular weight is 319 g/mol. The molecule has 0 amide bonds. The van der Waals surface area contributed by atoms with E-state index in [2.05, 4.69) is 20.9 Å². The van der Waals surface area contributed by atoms with Crippen LogP contribution in [0.15, 0.2) is 29.4 Å². The predicted molar refractivity (Wildman–Crippen MR) is 90.0 cm³/mol. The Morgan fingerprint density at radius 3 is 2.68 bits per heavy atom. The zero-order valence-electron chi connectivity index (χ0n) is 12.7. The number of hydrogen-bond acceptors (Lipinski definition) is 3. The second kappa shape index (κ2) is 7.13. The third-order valence-corrected chi connectivity index (χ3v) is 3.35. The van der Waals surface area contributed by atoms with Gasteiger partial charge in [-0.15, -0.1) is 0 Å². The van der Waals surface area contributed by atoms with E-state index in [1.165, 1.54) is 12.1 Å². The molecular weight excluding hydrogens is 301 g/mol. The number of aryl methyl sites for hydroxylation is 1. The number of benzene rings is 1. The number of aromatic nitrogens is 2. The fraction of sp³-hybridized carbons (Fsp3) is 0.267. The highest BCUT2D eigenvalue weighted by Gasteiger charge is 2.11. The Labute approximate surface area is 134 Å². The molecule has 0 aliphatic carbocycles. The van der Waals surface area contributed by atoms with E-state index in [9.17, 15) is 4.39 Å². The number of hydrogen-bond donors (Lipinski definition) is 2. The van der Waals surface area contributed by atoms with Gasteiger partial charge in [0, 0.05) is 12.1 Å². The van der Waals surface area contributed by atoms with Crippen LogP contribution in [0.2, 0.25) is 0 Å². The number of halogens is 1. The van der Waals surface area contributed by atoms with Crippen molar-refractivity contribution in [2.24, 2.45) is 5.10 Å². The summed E-state index contributed by atoms with van der Waals surface area (Å²) in [6.07, 6.45) is 1.68. The summed E-state index contributed by atoms with van der Waals surface area (Å²) in [6, 6.07) is 6.20. The van der Waals surface area contributed by atoms with Gasteiger partial charge in [0.05, 0.1) is 23.3 Å². The number of rotatable bonds is 4. The molecule has 2 aromatic rings. The molecule has 0 saturated heterocycles. The van der Waals surface area contributed by atoms with Crippen LogP contribution in [0, 0.1) is 19.7 Å². The van der Waals surface area contributed by atoms with Crippen LogP contribution in [0.4, 0.5) is 4.39 Å². The molecule has 0 spiro atoms. The summed E-state index contributed by atoms with van der Waals surface area (Å²) < 4.78 is 14.8. The highest BCUT2D eigenvalue weighted by atomic mass is 32.1. The summed E-state index contributed by atoms with van der Waals surface area (Å²) in [5.41, 5.74) is 6.20. The lowest BCUT2D eigenvalue weighted by atomic mass is 10.2. The molecule has 0 unspecified atom stereocenters. The minimum absolute atomic E-state index is 0.270. The average Bonchev–Trinajstić information content (AvgIpc) is 2.76. The van der Waals surface area contributed by atoms with Crippen LogP contribution >= 0.6 is 12.2 Å². The van der Waals surface area contributed by atoms with Gasteiger partial charge in [0.2, 0.25) is 0 Å². The zero-order chi connectivity index (χ0) is 16.1. The van der Waals surface area contributed by atoms with Crippen LogP contribution in [0.1, 0.15) is 23.9 Å². The molecule has 0 aliphatic rings. The summed E-state index contributed by atoms with van der Waals surface area (Å²) >= 11 is 5.04. The van der Waals surface area contributed by atoms with E-state index in [4.69, 9.17) is 12.2 Å². The minimum atomic E-state index is -0.270. The van der Waals surface area contributed by atoms with Crippen LogP contribution in [0.3, 0.4) is 0 Å². The lowest BCUT2D eigenvalue weighted by Crippen LogP contribution is -2.31. The van der Waals surface area contributed by atoms with Crippen molar-refractivity contribution in [2.75, 3.05) is 6.54 Å². The quantitative estimate of drug-likeness (QED) is 0.516. The Hall–Kier alpha value is -2.28. The van der Waals surface area contributed by atoms with Crippen molar-refractivity contribution >= 4 is 23.5 Å². The van der Waals surface area contributed by atoms with E-state index in [-0.39, 0.29) is 5.82 Å². The van der Waals surface area contributed by atoms with Gasteiger partial charge in [-0.25, -0.2) is 9.07 Å². The van der Waals surface area contributed by atoms with Crippen LogP contribution in [0.5, 0.6) is 0 Å². The van der Waals surface area contributed by atoms with Crippen LogP contribution in [0.25, 0.3) is 5.69 Å². The van der Waals surface area contributed by atoms with Crippen LogP contribution in [-0.4, -0.2) is 27.7 Å². The van der Waals surface area contributed by atoms with Gasteiger partial charge in [-0.2, -0.15) is 10.2 Å². The molecule has 0 bridgehead atoms. The first-order valence-corrected chi connectivity index (χ1v) is 7.32. The first-order chi connectivity index (χ1) is 10.5. The largest absolute Gasteiger partial charge is 0.362 e. The van der Waals surface area contributed by atoms with Crippen molar-refractivity contribution in [3.05, 3.63) is 47.0 Å². The van der Waals surface area contributed by atoms with E-state index in [1.807, 2.05) is 20.8 Å². The van der Waals surface area contributed by atoms with E-state index in [0.29, 0.717) is 5.11 Å². The normalized spacial score (nSPS) is 10.9. The lowest BCUT2D eigenvalue weighted by Gasteiger charge is -2.04. The van der Waals surface area contributed by atoms with Gasteiger partial charge in [0.15, 0.2) is 5.11 Å². The van der Waals surface area contributed by atoms with Crippen molar-refractivity contribution in [3.8, 4) is 5.69 Å². The standard InChI is InChI=1S/C15H18FN5S/c1-4-17-15(22)19-18-9-14-10(2)20-21(11(14)3)13-7-5-12(16)6-8-13/h5-9H,4H2,1-3H3,(H2,17,19,22)/b18-9-. The van der Waals surface area contributed by atoms with Gasteiger partial charge in [-0.05, 0) is 57.3 Å². The molecule has 0 aliphatic heterocycles. The van der Waals surface area contributed by atoms with Gasteiger partial charge in [0.25, 0.3) is 0 Å². The molecule has 0 saturated carbocycles. The van der Waals surface area contributed by atoms with Gasteiger partial charge in [-0.3, -0.25) is 5.43 Å². The Kier molecular flexibility index (Phi) is 5.21. The molecule has 7 heteroatoms. The topological polar surface area (TPSA) is 54.2 Å². The smallest absolute Gasteiger partial charge is 0.186 e. The summed E-state index contributed by atoms with van der Waals surface area (Å²) in [4.78, 5) is 0. The molecule has 0 atom stereocenters. The van der Waals surface area contributed by atoms with Crippen molar-refractivity contribution in [3.63, 3.8) is 0 Å². The zero-order valence-corrected chi connectivity index (χ0v) is 13.5. The van der Waals surface area contributed by atoms with E-state index >= 15 is 0 Å². The second-order valence-electron chi connectivity index (χ2n) is 4.70. The Bertz CT molecular complexity index is 691.